The Balaban J connectivity index is 1.94. The number of imidazole rings is 1. The van der Waals surface area contributed by atoms with Crippen LogP contribution in [0.3, 0.4) is 0 Å². The molecule has 0 bridgehead atoms. The van der Waals surface area contributed by atoms with Gasteiger partial charge in [0.25, 0.3) is 0 Å². The molecule has 1 fully saturated rings. The van der Waals surface area contributed by atoms with E-state index < -0.39 is 46.0 Å². The molecular weight excluding hydrogens is 345 g/mol. The summed E-state index contributed by atoms with van der Waals surface area (Å²) in [5.41, 5.74) is 6.12. The molecule has 1 aliphatic rings. The first kappa shape index (κ1) is 13.6. The molecule has 13 heteroatoms. The average Bonchev–Trinajstić information content (AvgIpc) is 3.07. The van der Waals surface area contributed by atoms with E-state index in [-0.39, 0.29) is 17.0 Å². The second kappa shape index (κ2) is 6.33. The molecule has 1 aliphatic heterocycles. The van der Waals surface area contributed by atoms with Crippen LogP contribution in [0.25, 0.3) is 11.2 Å². The number of aliphatic hydroxyl groups is 1. The smallest absolute Gasteiger partial charge is 0.387 e. The van der Waals surface area contributed by atoms with Gasteiger partial charge in [-0.3, -0.25) is 9.09 Å². The van der Waals surface area contributed by atoms with Crippen molar-refractivity contribution >= 4 is 24.8 Å². The minimum atomic E-state index is -4.83. The van der Waals surface area contributed by atoms with Gasteiger partial charge in [0.1, 0.15) is 30.2 Å². The Morgan fingerprint density at radius 3 is 3.00 bits per heavy atom. The van der Waals surface area contributed by atoms with E-state index in [0.29, 0.717) is 0 Å². The number of phosphoric ester groups is 1. The Hall–Kier alpha value is -1.66. The first-order valence-electron chi connectivity index (χ1n) is 8.11. The summed E-state index contributed by atoms with van der Waals surface area (Å²) in [6.45, 7) is -0.702. The molecule has 0 spiro atoms. The number of nitrogens with two attached hydrogens (primary N) is 1. The summed E-state index contributed by atoms with van der Waals surface area (Å²) >= 11 is 0. The monoisotopic (exact) mass is 364 g/mol. The Kier molecular flexibility index (Phi) is 3.59. The van der Waals surface area contributed by atoms with Crippen molar-refractivity contribution in [2.24, 2.45) is 0 Å². The van der Waals surface area contributed by atoms with Crippen LogP contribution in [0.15, 0.2) is 12.7 Å². The topological polar surface area (TPSA) is 175 Å². The zero-order valence-corrected chi connectivity index (χ0v) is 12.9. The van der Waals surface area contributed by atoms with Gasteiger partial charge in [-0.25, -0.2) is 19.5 Å². The lowest BCUT2D eigenvalue weighted by atomic mass is 10.1. The quantitative estimate of drug-likeness (QED) is 0.468. The number of rotatable bonds is 5. The first-order chi connectivity index (χ1) is 12.5. The average molecular weight is 364 g/mol. The number of hydrogen-bond donors (Lipinski definition) is 4. The van der Waals surface area contributed by atoms with Crippen molar-refractivity contribution in [1.82, 2.24) is 19.5 Å². The third-order valence-corrected chi connectivity index (χ3v) is 4.00. The number of nitrogens with zero attached hydrogens (tertiary/aromatic N) is 4. The molecule has 0 unspecified atom stereocenters. The highest BCUT2D eigenvalue weighted by Crippen LogP contribution is 2.39. The van der Waals surface area contributed by atoms with Crippen LogP contribution < -0.4 is 5.73 Å². The van der Waals surface area contributed by atoms with Gasteiger partial charge in [-0.1, -0.05) is 0 Å². The molecule has 24 heavy (non-hydrogen) atoms. The van der Waals surface area contributed by atoms with Crippen LogP contribution in [0.4, 0.5) is 5.82 Å². The van der Waals surface area contributed by atoms with E-state index >= 15 is 0 Å². The van der Waals surface area contributed by atoms with Crippen LogP contribution in [0, 0.1) is 0 Å². The zero-order valence-electron chi connectivity index (χ0n) is 15.0. The maximum Gasteiger partial charge on any atom is 0.469 e. The van der Waals surface area contributed by atoms with E-state index in [0.717, 1.165) is 6.33 Å². The molecule has 1 saturated heterocycles. The number of hydrogen-bond acceptors (Lipinski definition) is 9. The van der Waals surface area contributed by atoms with Gasteiger partial charge < -0.3 is 30.1 Å². The molecule has 4 atom stereocenters. The Bertz CT molecular complexity index is 874. The van der Waals surface area contributed by atoms with E-state index in [1.807, 2.05) is 0 Å². The lowest BCUT2D eigenvalue weighted by Gasteiger charge is -2.19. The summed E-state index contributed by atoms with van der Waals surface area (Å²) in [6.07, 6.45) is -3.11. The van der Waals surface area contributed by atoms with Gasteiger partial charge in [-0.15, -0.1) is 0 Å². The number of anilines is 1. The Morgan fingerprint density at radius 2 is 2.29 bits per heavy atom. The Labute approximate surface area is 139 Å². The number of aliphatic hydroxyl groups excluding tert-OH is 1. The summed E-state index contributed by atoms with van der Waals surface area (Å²) in [5, 5.41) is 10.4. The minimum absolute atomic E-state index is 0.0759. The van der Waals surface area contributed by atoms with Crippen LogP contribution in [-0.2, 0) is 18.6 Å². The van der Waals surface area contributed by atoms with Crippen molar-refractivity contribution in [2.45, 2.75) is 24.5 Å². The van der Waals surface area contributed by atoms with E-state index in [1.54, 1.807) is 0 Å². The van der Waals surface area contributed by atoms with Crippen LogP contribution in [-0.4, -0.2) is 66.4 Å². The van der Waals surface area contributed by atoms with E-state index in [2.05, 4.69) is 19.5 Å². The van der Waals surface area contributed by atoms with Gasteiger partial charge in [0, 0.05) is 7.04 Å². The van der Waals surface area contributed by atoms with Crippen molar-refractivity contribution in [3.8, 4) is 0 Å². The van der Waals surface area contributed by atoms with Crippen LogP contribution in [0.1, 0.15) is 10.3 Å². The largest absolute Gasteiger partial charge is 0.469 e. The molecule has 0 aliphatic carbocycles. The minimum Gasteiger partial charge on any atom is -0.387 e. The highest BCUT2D eigenvalue weighted by Gasteiger charge is 2.46. The van der Waals surface area contributed by atoms with E-state index in [9.17, 15) is 9.67 Å². The maximum absolute atomic E-state index is 10.9. The molecule has 2 aromatic heterocycles. The SMILES string of the molecule is [2H]C([2H])([2H])O[C@@H]1[C@H](O)[C@@H](COP(=O)(O)O)O[C@H]1n1cnc2c(N)ncnc21. The zero-order chi connectivity index (χ0) is 20.0. The fourth-order valence-corrected chi connectivity index (χ4v) is 2.77. The summed E-state index contributed by atoms with van der Waals surface area (Å²) < 4.78 is 48.9. The normalized spacial score (nSPS) is 30.2. The number of fused-ring (bicyclic) bond motifs is 1. The molecule has 12 nitrogen and oxygen atoms in total. The summed E-state index contributed by atoms with van der Waals surface area (Å²) in [6, 6.07) is 0. The van der Waals surface area contributed by atoms with Gasteiger partial charge in [-0.05, 0) is 0 Å². The highest BCUT2D eigenvalue weighted by atomic mass is 31.2. The maximum atomic E-state index is 10.9. The van der Waals surface area contributed by atoms with Crippen LogP contribution in [0.5, 0.6) is 0 Å². The van der Waals surface area contributed by atoms with Crippen molar-refractivity contribution < 1.29 is 37.6 Å². The number of ether oxygens (including phenoxy) is 2. The number of phosphoric acid groups is 1. The fraction of sp³-hybridized carbons (Fsp3) is 0.545. The summed E-state index contributed by atoms with van der Waals surface area (Å²) in [7, 11) is -7.71. The van der Waals surface area contributed by atoms with Gasteiger partial charge in [0.05, 0.1) is 17.0 Å². The second-order valence-electron chi connectivity index (χ2n) is 5.01. The molecular formula is C11H16N5O7P. The molecule has 5 N–H and O–H groups in total. The molecule has 0 amide bonds. The lowest BCUT2D eigenvalue weighted by molar-refractivity contribution is -0.0578. The molecule has 3 heterocycles. The van der Waals surface area contributed by atoms with E-state index in [4.69, 9.17) is 29.1 Å². The molecule has 2 aromatic rings. The van der Waals surface area contributed by atoms with E-state index in [1.165, 1.54) is 10.9 Å². The summed E-state index contributed by atoms with van der Waals surface area (Å²) in [4.78, 5) is 29.5. The molecule has 0 saturated carbocycles. The fourth-order valence-electron chi connectivity index (χ4n) is 2.43. The van der Waals surface area contributed by atoms with Crippen molar-refractivity contribution in [3.63, 3.8) is 0 Å². The first-order valence-corrected chi connectivity index (χ1v) is 8.14. The van der Waals surface area contributed by atoms with Gasteiger partial charge in [0.15, 0.2) is 17.7 Å². The number of methoxy groups -OCH3 is 1. The molecule has 0 aromatic carbocycles. The van der Waals surface area contributed by atoms with Crippen molar-refractivity contribution in [3.05, 3.63) is 12.7 Å². The third kappa shape index (κ3) is 3.13. The van der Waals surface area contributed by atoms with Crippen molar-refractivity contribution in [1.29, 1.82) is 0 Å². The van der Waals surface area contributed by atoms with Crippen LogP contribution >= 0.6 is 7.82 Å². The molecule has 132 valence electrons. The lowest BCUT2D eigenvalue weighted by Crippen LogP contribution is -2.35. The number of aromatic nitrogens is 4. The highest BCUT2D eigenvalue weighted by molar-refractivity contribution is 7.46. The summed E-state index contributed by atoms with van der Waals surface area (Å²) in [5.74, 6) is 0.0759. The van der Waals surface area contributed by atoms with Crippen LogP contribution in [0.2, 0.25) is 0 Å². The van der Waals surface area contributed by atoms with Gasteiger partial charge in [-0.2, -0.15) is 0 Å². The second-order valence-corrected chi connectivity index (χ2v) is 6.25. The van der Waals surface area contributed by atoms with Gasteiger partial charge >= 0.3 is 7.82 Å². The Morgan fingerprint density at radius 1 is 1.50 bits per heavy atom. The predicted octanol–water partition coefficient (Wildman–Crippen LogP) is -1.21. The number of nitrogen functional groups attached to an aromatic ring is 1. The molecule has 0 radical (unpaired) electrons. The van der Waals surface area contributed by atoms with Crippen molar-refractivity contribution in [2.75, 3.05) is 19.4 Å². The predicted molar refractivity (Wildman–Crippen MR) is 78.4 cm³/mol. The molecule has 3 rings (SSSR count). The van der Waals surface area contributed by atoms with Gasteiger partial charge in [0.2, 0.25) is 0 Å². The standard InChI is InChI=1S/C11H16N5O7P/c1-21-8-7(17)5(2-22-24(18,19)20)23-11(8)16-4-15-6-9(12)13-3-14-10(6)16/h3-5,7-8,11,17H,2H2,1H3,(H2,12,13,14)(H2,18,19,20)/t5-,7-,8-,11-/m1/s1/i1D3. The third-order valence-electron chi connectivity index (χ3n) is 3.52.